The van der Waals surface area contributed by atoms with E-state index >= 15 is 0 Å². The summed E-state index contributed by atoms with van der Waals surface area (Å²) in [6.07, 6.45) is 2.00. The maximum absolute atomic E-state index is 5.15. The van der Waals surface area contributed by atoms with Crippen LogP contribution in [-0.2, 0) is 13.0 Å². The van der Waals surface area contributed by atoms with E-state index in [1.807, 2.05) is 0 Å². The minimum atomic E-state index is 0.403. The molecule has 2 N–H and O–H groups in total. The van der Waals surface area contributed by atoms with Gasteiger partial charge in [-0.25, -0.2) is 0 Å². The highest BCUT2D eigenvalue weighted by atomic mass is 16.5. The molecule has 0 saturated heterocycles. The molecule has 1 aliphatic heterocycles. The van der Waals surface area contributed by atoms with Gasteiger partial charge in [-0.05, 0) is 13.3 Å². The Hall–Kier alpha value is -1.36. The van der Waals surface area contributed by atoms with Crippen molar-refractivity contribution in [3.63, 3.8) is 0 Å². The average molecular weight is 236 g/mol. The normalized spacial score (nSPS) is 16.2. The van der Waals surface area contributed by atoms with Crippen molar-refractivity contribution in [2.45, 2.75) is 39.3 Å². The molecule has 2 heterocycles. The quantitative estimate of drug-likeness (QED) is 0.826. The molecule has 1 aromatic rings. The second kappa shape index (κ2) is 5.31. The van der Waals surface area contributed by atoms with E-state index < -0.39 is 0 Å². The first-order chi connectivity index (χ1) is 8.24. The first-order valence-electron chi connectivity index (χ1n) is 6.15. The van der Waals surface area contributed by atoms with Crippen LogP contribution >= 0.6 is 0 Å². The number of anilines is 1. The summed E-state index contributed by atoms with van der Waals surface area (Å²) < 4.78 is 5.15. The van der Waals surface area contributed by atoms with Gasteiger partial charge in [0.05, 0.1) is 12.8 Å². The molecule has 1 aliphatic rings. The van der Waals surface area contributed by atoms with Gasteiger partial charge in [-0.2, -0.15) is 9.97 Å². The van der Waals surface area contributed by atoms with E-state index in [-0.39, 0.29) is 0 Å². The van der Waals surface area contributed by atoms with Crippen LogP contribution in [0.15, 0.2) is 0 Å². The smallest absolute Gasteiger partial charge is 0.318 e. The molecule has 0 aliphatic carbocycles. The molecule has 1 atom stereocenters. The maximum atomic E-state index is 5.15. The van der Waals surface area contributed by atoms with Crippen LogP contribution in [0.25, 0.3) is 0 Å². The number of aromatic nitrogens is 2. The number of ether oxygens (including phenoxy) is 1. The van der Waals surface area contributed by atoms with E-state index in [1.165, 1.54) is 5.56 Å². The summed E-state index contributed by atoms with van der Waals surface area (Å²) in [6, 6.07) is 0.858. The first-order valence-corrected chi connectivity index (χ1v) is 6.15. The number of fused-ring (bicyclic) bond motifs is 1. The van der Waals surface area contributed by atoms with Crippen LogP contribution in [-0.4, -0.2) is 29.7 Å². The molecule has 0 amide bonds. The third-order valence-corrected chi connectivity index (χ3v) is 3.09. The molecular formula is C12H20N4O. The molecule has 0 aromatic carbocycles. The summed E-state index contributed by atoms with van der Waals surface area (Å²) in [5.74, 6) is 0.911. The third-order valence-electron chi connectivity index (χ3n) is 3.09. The monoisotopic (exact) mass is 236 g/mol. The van der Waals surface area contributed by atoms with E-state index in [1.54, 1.807) is 7.11 Å². The Morgan fingerprint density at radius 2 is 2.29 bits per heavy atom. The average Bonchev–Trinajstić information content (AvgIpc) is 2.38. The molecule has 5 heteroatoms. The Morgan fingerprint density at radius 3 is 3.00 bits per heavy atom. The van der Waals surface area contributed by atoms with Crippen molar-refractivity contribution in [1.29, 1.82) is 0 Å². The van der Waals surface area contributed by atoms with Crippen LogP contribution in [0.2, 0.25) is 0 Å². The lowest BCUT2D eigenvalue weighted by Crippen LogP contribution is -2.27. The van der Waals surface area contributed by atoms with Crippen LogP contribution in [0, 0.1) is 0 Å². The number of hydrogen-bond acceptors (Lipinski definition) is 5. The molecule has 17 heavy (non-hydrogen) atoms. The molecule has 5 nitrogen and oxygen atoms in total. The van der Waals surface area contributed by atoms with Gasteiger partial charge in [0.2, 0.25) is 0 Å². The van der Waals surface area contributed by atoms with E-state index in [4.69, 9.17) is 4.74 Å². The molecule has 0 spiro atoms. The van der Waals surface area contributed by atoms with Crippen molar-refractivity contribution in [2.75, 3.05) is 19.0 Å². The zero-order valence-electron chi connectivity index (χ0n) is 10.7. The predicted molar refractivity (Wildman–Crippen MR) is 67.4 cm³/mol. The molecule has 0 saturated carbocycles. The Labute approximate surface area is 102 Å². The van der Waals surface area contributed by atoms with Crippen LogP contribution < -0.4 is 15.4 Å². The maximum Gasteiger partial charge on any atom is 0.318 e. The Bertz CT molecular complexity index is 394. The second-order valence-corrected chi connectivity index (χ2v) is 4.36. The van der Waals surface area contributed by atoms with Crippen LogP contribution in [0.5, 0.6) is 6.01 Å². The summed E-state index contributed by atoms with van der Waals surface area (Å²) >= 11 is 0. The Balaban J connectivity index is 2.33. The third kappa shape index (κ3) is 2.66. The summed E-state index contributed by atoms with van der Waals surface area (Å²) in [7, 11) is 1.61. The van der Waals surface area contributed by atoms with E-state index in [0.29, 0.717) is 12.1 Å². The molecule has 0 radical (unpaired) electrons. The van der Waals surface area contributed by atoms with Crippen molar-refractivity contribution in [3.8, 4) is 6.01 Å². The summed E-state index contributed by atoms with van der Waals surface area (Å²) in [5.41, 5.74) is 2.28. The van der Waals surface area contributed by atoms with E-state index in [0.717, 1.165) is 37.4 Å². The lowest BCUT2D eigenvalue weighted by molar-refractivity contribution is 0.376. The lowest BCUT2D eigenvalue weighted by atomic mass is 10.1. The van der Waals surface area contributed by atoms with Crippen LogP contribution in [0.1, 0.15) is 31.5 Å². The number of hydrogen-bond donors (Lipinski definition) is 2. The van der Waals surface area contributed by atoms with Gasteiger partial charge in [-0.3, -0.25) is 0 Å². The summed E-state index contributed by atoms with van der Waals surface area (Å²) in [5, 5.41) is 6.77. The fourth-order valence-corrected chi connectivity index (χ4v) is 1.87. The molecule has 94 valence electrons. The molecule has 2 rings (SSSR count). The summed E-state index contributed by atoms with van der Waals surface area (Å²) in [6.45, 7) is 6.10. The van der Waals surface area contributed by atoms with Gasteiger partial charge in [0.15, 0.2) is 0 Å². The van der Waals surface area contributed by atoms with Gasteiger partial charge >= 0.3 is 6.01 Å². The molecular weight excluding hydrogens is 216 g/mol. The second-order valence-electron chi connectivity index (χ2n) is 4.36. The predicted octanol–water partition coefficient (Wildman–Crippen LogP) is 1.34. The number of methoxy groups -OCH3 is 1. The zero-order valence-corrected chi connectivity index (χ0v) is 10.7. The van der Waals surface area contributed by atoms with Crippen molar-refractivity contribution in [1.82, 2.24) is 15.3 Å². The largest absolute Gasteiger partial charge is 0.467 e. The van der Waals surface area contributed by atoms with Gasteiger partial charge < -0.3 is 15.4 Å². The molecule has 0 fully saturated rings. The van der Waals surface area contributed by atoms with Gasteiger partial charge in [-0.1, -0.05) is 6.92 Å². The standard InChI is InChI=1S/C12H20N4O/c1-4-8(2)14-11-9-7-13-6-5-10(9)15-12(16-11)17-3/h8,13H,4-7H2,1-3H3,(H,14,15,16). The van der Waals surface area contributed by atoms with Gasteiger partial charge in [-0.15, -0.1) is 0 Å². The fourth-order valence-electron chi connectivity index (χ4n) is 1.87. The highest BCUT2D eigenvalue weighted by Gasteiger charge is 2.18. The topological polar surface area (TPSA) is 59.1 Å². The first kappa shape index (κ1) is 12.1. The minimum Gasteiger partial charge on any atom is -0.467 e. The van der Waals surface area contributed by atoms with Crippen molar-refractivity contribution < 1.29 is 4.74 Å². The van der Waals surface area contributed by atoms with Crippen LogP contribution in [0.3, 0.4) is 0 Å². The Kier molecular flexibility index (Phi) is 3.78. The molecule has 1 unspecified atom stereocenters. The van der Waals surface area contributed by atoms with Crippen LogP contribution in [0.4, 0.5) is 5.82 Å². The van der Waals surface area contributed by atoms with Crippen molar-refractivity contribution >= 4 is 5.82 Å². The number of nitrogens with zero attached hydrogens (tertiary/aromatic N) is 2. The highest BCUT2D eigenvalue weighted by molar-refractivity contribution is 5.49. The van der Waals surface area contributed by atoms with E-state index in [2.05, 4.69) is 34.4 Å². The SMILES string of the molecule is CCC(C)Nc1nc(OC)nc2c1CNCC2. The van der Waals surface area contributed by atoms with Crippen molar-refractivity contribution in [3.05, 3.63) is 11.3 Å². The number of nitrogens with one attached hydrogen (secondary N) is 2. The molecule has 0 bridgehead atoms. The zero-order chi connectivity index (χ0) is 12.3. The van der Waals surface area contributed by atoms with Gasteiger partial charge in [0, 0.05) is 31.1 Å². The number of rotatable bonds is 4. The summed E-state index contributed by atoms with van der Waals surface area (Å²) in [4.78, 5) is 8.82. The molecule has 1 aromatic heterocycles. The van der Waals surface area contributed by atoms with Crippen molar-refractivity contribution in [2.24, 2.45) is 0 Å². The lowest BCUT2D eigenvalue weighted by Gasteiger charge is -2.22. The van der Waals surface area contributed by atoms with Gasteiger partial charge in [0.1, 0.15) is 5.82 Å². The highest BCUT2D eigenvalue weighted by Crippen LogP contribution is 2.23. The fraction of sp³-hybridized carbons (Fsp3) is 0.667. The Morgan fingerprint density at radius 1 is 1.47 bits per heavy atom. The van der Waals surface area contributed by atoms with E-state index in [9.17, 15) is 0 Å². The van der Waals surface area contributed by atoms with Gasteiger partial charge in [0.25, 0.3) is 0 Å². The minimum absolute atomic E-state index is 0.403.